The van der Waals surface area contributed by atoms with Gasteiger partial charge in [-0.1, -0.05) is 41.9 Å². The predicted molar refractivity (Wildman–Crippen MR) is 101 cm³/mol. The Morgan fingerprint density at radius 1 is 1.22 bits per heavy atom. The number of carboxylic acid groups (broad SMARTS) is 1. The Balaban J connectivity index is 1.53. The maximum absolute atomic E-state index is 12.9. The van der Waals surface area contributed by atoms with Crippen LogP contribution in [0.5, 0.6) is 5.75 Å². The van der Waals surface area contributed by atoms with Crippen molar-refractivity contribution in [3.8, 4) is 5.75 Å². The van der Waals surface area contributed by atoms with Crippen molar-refractivity contribution in [2.24, 2.45) is 5.92 Å². The monoisotopic (exact) mass is 385 g/mol. The second-order valence-electron chi connectivity index (χ2n) is 7.22. The fraction of sp³-hybridized carbons (Fsp3) is 0.333. The van der Waals surface area contributed by atoms with Crippen molar-refractivity contribution in [1.29, 1.82) is 0 Å². The first-order chi connectivity index (χ1) is 13.0. The number of nitrogens with one attached hydrogen (secondary N) is 1. The number of carbonyl (C=O) groups is 2. The molecule has 2 aromatic rings. The van der Waals surface area contributed by atoms with Crippen molar-refractivity contribution in [2.75, 3.05) is 6.61 Å². The summed E-state index contributed by atoms with van der Waals surface area (Å²) in [5.41, 5.74) is 1.63. The Morgan fingerprint density at radius 2 is 1.96 bits per heavy atom. The number of ether oxygens (including phenoxy) is 1. The summed E-state index contributed by atoms with van der Waals surface area (Å²) in [6.45, 7) is 0.594. The van der Waals surface area contributed by atoms with E-state index in [1.54, 1.807) is 24.3 Å². The summed E-state index contributed by atoms with van der Waals surface area (Å²) in [6.07, 6.45) is 1.39. The van der Waals surface area contributed by atoms with Crippen molar-refractivity contribution in [1.82, 2.24) is 5.32 Å². The highest BCUT2D eigenvalue weighted by atomic mass is 35.5. The third-order valence-electron chi connectivity index (χ3n) is 5.59. The largest absolute Gasteiger partial charge is 0.493 e. The third kappa shape index (κ3) is 3.39. The quantitative estimate of drug-likeness (QED) is 0.822. The molecule has 27 heavy (non-hydrogen) atoms. The van der Waals surface area contributed by atoms with Gasteiger partial charge in [-0.25, -0.2) is 0 Å². The highest BCUT2D eigenvalue weighted by molar-refractivity contribution is 6.30. The number of carboxylic acids is 1. The Kier molecular flexibility index (Phi) is 4.56. The van der Waals surface area contributed by atoms with Gasteiger partial charge in [0, 0.05) is 21.9 Å². The predicted octanol–water partition coefficient (Wildman–Crippen LogP) is 3.71. The molecule has 0 aromatic heterocycles. The lowest BCUT2D eigenvalue weighted by Gasteiger charge is -2.27. The molecule has 1 aliphatic heterocycles. The fourth-order valence-corrected chi connectivity index (χ4v) is 4.22. The molecule has 0 saturated heterocycles. The van der Waals surface area contributed by atoms with Gasteiger partial charge in [-0.3, -0.25) is 9.59 Å². The van der Waals surface area contributed by atoms with E-state index in [2.05, 4.69) is 5.32 Å². The molecule has 1 fully saturated rings. The first-order valence-electron chi connectivity index (χ1n) is 8.99. The number of aliphatic carboxylic acids is 1. The summed E-state index contributed by atoms with van der Waals surface area (Å²) >= 11 is 5.92. The van der Waals surface area contributed by atoms with Gasteiger partial charge in [-0.15, -0.1) is 0 Å². The lowest BCUT2D eigenvalue weighted by atomic mass is 9.87. The first kappa shape index (κ1) is 17.9. The van der Waals surface area contributed by atoms with Crippen LogP contribution in [0.1, 0.15) is 36.4 Å². The van der Waals surface area contributed by atoms with Crippen LogP contribution in [0, 0.1) is 5.92 Å². The summed E-state index contributed by atoms with van der Waals surface area (Å²) < 4.78 is 5.72. The summed E-state index contributed by atoms with van der Waals surface area (Å²) in [6, 6.07) is 14.2. The minimum Gasteiger partial charge on any atom is -0.493 e. The van der Waals surface area contributed by atoms with E-state index in [1.165, 1.54) is 0 Å². The molecule has 5 nitrogen and oxygen atoms in total. The molecular weight excluding hydrogens is 366 g/mol. The molecule has 1 aliphatic carbocycles. The van der Waals surface area contributed by atoms with Gasteiger partial charge in [0.25, 0.3) is 0 Å². The molecule has 140 valence electrons. The van der Waals surface area contributed by atoms with Crippen LogP contribution < -0.4 is 10.1 Å². The number of benzene rings is 2. The van der Waals surface area contributed by atoms with Crippen molar-refractivity contribution in [2.45, 2.75) is 30.7 Å². The number of hydrogen-bond donors (Lipinski definition) is 2. The number of carbonyl (C=O) groups excluding carboxylic acids is 1. The third-order valence-corrected chi connectivity index (χ3v) is 5.84. The van der Waals surface area contributed by atoms with Crippen LogP contribution in [-0.4, -0.2) is 23.6 Å². The van der Waals surface area contributed by atoms with Crippen molar-refractivity contribution < 1.29 is 19.4 Å². The number of amides is 1. The zero-order valence-corrected chi connectivity index (χ0v) is 15.4. The average molecular weight is 386 g/mol. The highest BCUT2D eigenvalue weighted by Crippen LogP contribution is 2.60. The number of fused-ring (bicyclic) bond motifs is 2. The van der Waals surface area contributed by atoms with Gasteiger partial charge in [0.1, 0.15) is 5.75 Å². The van der Waals surface area contributed by atoms with E-state index in [1.807, 2.05) is 24.3 Å². The molecule has 2 aromatic carbocycles. The minimum absolute atomic E-state index is 0.104. The molecule has 3 atom stereocenters. The molecule has 1 heterocycles. The van der Waals surface area contributed by atoms with Gasteiger partial charge in [0.15, 0.2) is 0 Å². The molecule has 6 heteroatoms. The van der Waals surface area contributed by atoms with Gasteiger partial charge in [-0.05, 0) is 36.6 Å². The topological polar surface area (TPSA) is 75.6 Å². The SMILES string of the molecule is O=C(O)C[C@H](NC(=O)[C@@H]1C[C@]12CCOc1ccccc12)c1ccc(Cl)cc1. The van der Waals surface area contributed by atoms with E-state index >= 15 is 0 Å². The van der Waals surface area contributed by atoms with Gasteiger partial charge >= 0.3 is 5.97 Å². The highest BCUT2D eigenvalue weighted by Gasteiger charge is 2.61. The summed E-state index contributed by atoms with van der Waals surface area (Å²) in [5, 5.41) is 12.8. The van der Waals surface area contributed by atoms with Crippen LogP contribution in [0.25, 0.3) is 0 Å². The zero-order chi connectivity index (χ0) is 19.0. The first-order valence-corrected chi connectivity index (χ1v) is 9.37. The fourth-order valence-electron chi connectivity index (χ4n) is 4.10. The molecule has 2 N–H and O–H groups in total. The molecule has 1 saturated carbocycles. The molecule has 0 radical (unpaired) electrons. The molecule has 1 amide bonds. The smallest absolute Gasteiger partial charge is 0.305 e. The number of rotatable bonds is 5. The van der Waals surface area contributed by atoms with Crippen LogP contribution in [0.15, 0.2) is 48.5 Å². The lowest BCUT2D eigenvalue weighted by molar-refractivity contribution is -0.137. The van der Waals surface area contributed by atoms with Crippen LogP contribution in [0.3, 0.4) is 0 Å². The normalized spacial score (nSPS) is 23.8. The van der Waals surface area contributed by atoms with E-state index in [-0.39, 0.29) is 23.7 Å². The number of halogens is 1. The van der Waals surface area contributed by atoms with E-state index in [0.29, 0.717) is 11.6 Å². The lowest BCUT2D eigenvalue weighted by Crippen LogP contribution is -2.34. The van der Waals surface area contributed by atoms with E-state index in [4.69, 9.17) is 16.3 Å². The molecular formula is C21H20ClNO4. The summed E-state index contributed by atoms with van der Waals surface area (Å²) in [7, 11) is 0. The maximum atomic E-state index is 12.9. The van der Waals surface area contributed by atoms with Crippen LogP contribution in [-0.2, 0) is 15.0 Å². The van der Waals surface area contributed by atoms with Gasteiger partial charge < -0.3 is 15.2 Å². The van der Waals surface area contributed by atoms with Gasteiger partial charge in [0.05, 0.1) is 19.1 Å². The summed E-state index contributed by atoms with van der Waals surface area (Å²) in [5.74, 6) is -0.380. The Morgan fingerprint density at radius 3 is 2.70 bits per heavy atom. The molecule has 0 bridgehead atoms. The Labute approximate surface area is 162 Å². The van der Waals surface area contributed by atoms with E-state index < -0.39 is 12.0 Å². The standard InChI is InChI=1S/C21H20ClNO4/c22-14-7-5-13(6-8-14)17(11-19(24)25)23-20(26)16-12-21(16)9-10-27-18-4-2-1-3-15(18)21/h1-8,16-17H,9-12H2,(H,23,26)(H,24,25)/t16-,17-,21-/m0/s1. The zero-order valence-electron chi connectivity index (χ0n) is 14.7. The van der Waals surface area contributed by atoms with E-state index in [0.717, 1.165) is 29.7 Å². The minimum atomic E-state index is -0.961. The molecule has 2 aliphatic rings. The maximum Gasteiger partial charge on any atom is 0.305 e. The number of para-hydroxylation sites is 1. The second kappa shape index (κ2) is 6.89. The van der Waals surface area contributed by atoms with Crippen molar-refractivity contribution in [3.05, 3.63) is 64.7 Å². The Bertz CT molecular complexity index is 882. The molecule has 0 unspecified atom stereocenters. The molecule has 1 spiro atoms. The van der Waals surface area contributed by atoms with Crippen molar-refractivity contribution in [3.63, 3.8) is 0 Å². The van der Waals surface area contributed by atoms with E-state index in [9.17, 15) is 14.7 Å². The Hall–Kier alpha value is -2.53. The van der Waals surface area contributed by atoms with Crippen LogP contribution in [0.4, 0.5) is 0 Å². The van der Waals surface area contributed by atoms with Crippen LogP contribution >= 0.6 is 11.6 Å². The van der Waals surface area contributed by atoms with Gasteiger partial charge in [0.2, 0.25) is 5.91 Å². The number of hydrogen-bond acceptors (Lipinski definition) is 3. The molecule has 4 rings (SSSR count). The summed E-state index contributed by atoms with van der Waals surface area (Å²) in [4.78, 5) is 24.2. The van der Waals surface area contributed by atoms with Gasteiger partial charge in [-0.2, -0.15) is 0 Å². The average Bonchev–Trinajstić information content (AvgIpc) is 3.37. The second-order valence-corrected chi connectivity index (χ2v) is 7.65. The van der Waals surface area contributed by atoms with Crippen molar-refractivity contribution >= 4 is 23.5 Å². The van der Waals surface area contributed by atoms with Crippen LogP contribution in [0.2, 0.25) is 5.02 Å².